The number of rotatable bonds is 10. The number of ether oxygens (including phenoxy) is 3. The molecule has 0 spiro atoms. The second-order valence-electron chi connectivity index (χ2n) is 11.7. The maximum atomic E-state index is 12.8. The molecule has 1 heterocycles. The van der Waals surface area contributed by atoms with Crippen LogP contribution in [0.1, 0.15) is 68.4 Å². The van der Waals surface area contributed by atoms with Gasteiger partial charge in [-0.25, -0.2) is 0 Å². The van der Waals surface area contributed by atoms with E-state index in [9.17, 15) is 35.1 Å². The van der Waals surface area contributed by atoms with Crippen molar-refractivity contribution in [2.45, 2.75) is 97.1 Å². The van der Waals surface area contributed by atoms with Crippen LogP contribution in [-0.2, 0) is 25.4 Å². The highest BCUT2D eigenvalue weighted by Gasteiger charge is 2.49. The molecule has 11 heteroatoms. The summed E-state index contributed by atoms with van der Waals surface area (Å²) in [6, 6.07) is 0. The molecule has 0 aromatic heterocycles. The summed E-state index contributed by atoms with van der Waals surface area (Å²) in [7, 11) is 1.34. The molecule has 1 aliphatic heterocycles. The number of halogens is 1. The summed E-state index contributed by atoms with van der Waals surface area (Å²) < 4.78 is 17.4. The third kappa shape index (κ3) is 6.49. The molecule has 0 amide bonds. The van der Waals surface area contributed by atoms with Gasteiger partial charge in [0.15, 0.2) is 12.6 Å². The van der Waals surface area contributed by atoms with Gasteiger partial charge in [-0.1, -0.05) is 38.4 Å². The van der Waals surface area contributed by atoms with E-state index in [1.165, 1.54) is 14.0 Å². The second-order valence-corrected chi connectivity index (χ2v) is 12.0. The minimum atomic E-state index is -1.49. The number of aldehydes is 1. The molecule has 5 N–H and O–H groups in total. The van der Waals surface area contributed by atoms with Crippen LogP contribution in [0.25, 0.3) is 0 Å². The van der Waals surface area contributed by atoms with Crippen molar-refractivity contribution < 1.29 is 49.3 Å². The molecule has 1 aromatic carbocycles. The van der Waals surface area contributed by atoms with E-state index >= 15 is 0 Å². The number of hydrogen-bond donors (Lipinski definition) is 5. The first-order valence-corrected chi connectivity index (χ1v) is 14.3. The number of phenolic OH excluding ortho intramolecular Hbond substituents is 2. The van der Waals surface area contributed by atoms with Crippen LogP contribution in [0.15, 0.2) is 11.6 Å². The van der Waals surface area contributed by atoms with Crippen LogP contribution in [0.4, 0.5) is 0 Å². The number of allylic oxidation sites excluding steroid dienone is 1. The molecule has 0 radical (unpaired) electrons. The number of aromatic hydroxyl groups is 2. The van der Waals surface area contributed by atoms with Crippen LogP contribution in [0.2, 0.25) is 5.02 Å². The summed E-state index contributed by atoms with van der Waals surface area (Å²) in [5.41, 5.74) is 0.449. The Balaban J connectivity index is 2.00. The van der Waals surface area contributed by atoms with Crippen LogP contribution >= 0.6 is 11.6 Å². The summed E-state index contributed by atoms with van der Waals surface area (Å²) in [5, 5.41) is 52.6. The Morgan fingerprint density at radius 2 is 1.88 bits per heavy atom. The first-order chi connectivity index (χ1) is 19.2. The van der Waals surface area contributed by atoms with Gasteiger partial charge < -0.3 is 39.7 Å². The zero-order valence-corrected chi connectivity index (χ0v) is 25.2. The second kappa shape index (κ2) is 13.5. The summed E-state index contributed by atoms with van der Waals surface area (Å²) >= 11 is 6.22. The molecule has 2 aliphatic rings. The monoisotopic (exact) mass is 598 g/mol. The number of aliphatic hydroxyl groups is 3. The highest BCUT2D eigenvalue weighted by molar-refractivity contribution is 6.33. The molecule has 230 valence electrons. The summed E-state index contributed by atoms with van der Waals surface area (Å²) in [4.78, 5) is 24.3. The van der Waals surface area contributed by atoms with E-state index in [2.05, 4.69) is 6.92 Å². The van der Waals surface area contributed by atoms with Gasteiger partial charge in [0.05, 0.1) is 23.3 Å². The Kier molecular flexibility index (Phi) is 11.0. The van der Waals surface area contributed by atoms with Gasteiger partial charge in [-0.05, 0) is 55.6 Å². The first-order valence-electron chi connectivity index (χ1n) is 13.9. The Labute approximate surface area is 245 Å². The predicted molar refractivity (Wildman–Crippen MR) is 151 cm³/mol. The SMILES string of the molecule is COC1C(CO)OC(OC(CC2(C)C(C)CCC(=O)C2C)C(C)=CCc2c(O)c(Cl)c(C)c(C=O)c2O)C(O)C1O. The number of benzene rings is 1. The topological polar surface area (TPSA) is 163 Å². The number of phenols is 2. The third-order valence-electron chi connectivity index (χ3n) is 9.46. The fourth-order valence-corrected chi connectivity index (χ4v) is 6.24. The van der Waals surface area contributed by atoms with Crippen molar-refractivity contribution in [2.24, 2.45) is 17.3 Å². The molecule has 1 aromatic rings. The molecule has 10 nitrogen and oxygen atoms in total. The van der Waals surface area contributed by atoms with Gasteiger partial charge in [0.1, 0.15) is 41.7 Å². The lowest BCUT2D eigenvalue weighted by atomic mass is 9.59. The van der Waals surface area contributed by atoms with E-state index in [-0.39, 0.29) is 57.3 Å². The number of ketones is 1. The Morgan fingerprint density at radius 3 is 2.46 bits per heavy atom. The molecule has 1 aliphatic carbocycles. The van der Waals surface area contributed by atoms with Gasteiger partial charge in [-0.15, -0.1) is 0 Å². The zero-order valence-electron chi connectivity index (χ0n) is 24.5. The average molecular weight is 599 g/mol. The van der Waals surface area contributed by atoms with Gasteiger partial charge in [0.2, 0.25) is 0 Å². The van der Waals surface area contributed by atoms with E-state index < -0.39 is 48.8 Å². The Bertz CT molecular complexity index is 1150. The van der Waals surface area contributed by atoms with E-state index in [0.717, 1.165) is 6.42 Å². The smallest absolute Gasteiger partial charge is 0.187 e. The van der Waals surface area contributed by atoms with Crippen LogP contribution in [0.3, 0.4) is 0 Å². The number of carbonyl (C=O) groups is 2. The first kappa shape index (κ1) is 33.5. The number of carbonyl (C=O) groups excluding carboxylic acids is 2. The molecule has 1 saturated carbocycles. The third-order valence-corrected chi connectivity index (χ3v) is 9.92. The largest absolute Gasteiger partial charge is 0.507 e. The summed E-state index contributed by atoms with van der Waals surface area (Å²) in [5.74, 6) is -0.664. The van der Waals surface area contributed by atoms with E-state index in [1.807, 2.05) is 13.8 Å². The molecule has 3 rings (SSSR count). The van der Waals surface area contributed by atoms with E-state index in [4.69, 9.17) is 25.8 Å². The number of aliphatic hydroxyl groups excluding tert-OH is 3. The lowest BCUT2D eigenvalue weighted by Gasteiger charge is -2.47. The van der Waals surface area contributed by atoms with Crippen molar-refractivity contribution in [1.29, 1.82) is 0 Å². The van der Waals surface area contributed by atoms with Gasteiger partial charge >= 0.3 is 0 Å². The van der Waals surface area contributed by atoms with Crippen molar-refractivity contribution in [3.63, 3.8) is 0 Å². The van der Waals surface area contributed by atoms with Gasteiger partial charge in [0.25, 0.3) is 0 Å². The van der Waals surface area contributed by atoms with Crippen LogP contribution < -0.4 is 0 Å². The van der Waals surface area contributed by atoms with E-state index in [0.29, 0.717) is 24.7 Å². The zero-order chi connectivity index (χ0) is 30.8. The standard InChI is InChI=1S/C30H43ClO10/c1-14(7-9-18-24(35)19(12-32)16(3)23(31)25(18)36)21(11-30(5)15(2)8-10-20(34)17(30)4)40-29-27(38)26(37)28(39-6)22(13-33)41-29/h7,12,15,17,21-22,26-29,33,35-38H,8-11,13H2,1-6H3. The van der Waals surface area contributed by atoms with Crippen LogP contribution in [0.5, 0.6) is 11.5 Å². The predicted octanol–water partition coefficient (Wildman–Crippen LogP) is 3.23. The van der Waals surface area contributed by atoms with Crippen LogP contribution in [0, 0.1) is 24.2 Å². The van der Waals surface area contributed by atoms with Crippen molar-refractivity contribution >= 4 is 23.7 Å². The normalized spacial score (nSPS) is 33.6. The van der Waals surface area contributed by atoms with Gasteiger partial charge in [-0.3, -0.25) is 9.59 Å². The van der Waals surface area contributed by atoms with Gasteiger partial charge in [0, 0.05) is 25.0 Å². The molecule has 9 unspecified atom stereocenters. The van der Waals surface area contributed by atoms with E-state index in [1.54, 1.807) is 13.0 Å². The molecular formula is C30H43ClO10. The number of methoxy groups -OCH3 is 1. The lowest BCUT2D eigenvalue weighted by molar-refractivity contribution is -0.313. The summed E-state index contributed by atoms with van der Waals surface area (Å²) in [6.45, 7) is 8.83. The Hall–Kier alpha value is -2.05. The fourth-order valence-electron chi connectivity index (χ4n) is 6.02. The van der Waals surface area contributed by atoms with Crippen molar-refractivity contribution in [3.8, 4) is 11.5 Å². The molecule has 9 atom stereocenters. The van der Waals surface area contributed by atoms with Crippen LogP contribution in [-0.4, -0.2) is 88.1 Å². The number of hydrogen-bond acceptors (Lipinski definition) is 10. The quantitative estimate of drug-likeness (QED) is 0.199. The fraction of sp³-hybridized carbons (Fsp3) is 0.667. The molecule has 2 fully saturated rings. The number of Topliss-reactive ketones (excluding diaryl/α,β-unsaturated/α-hetero) is 1. The van der Waals surface area contributed by atoms with Crippen molar-refractivity contribution in [3.05, 3.63) is 33.4 Å². The highest BCUT2D eigenvalue weighted by atomic mass is 35.5. The molecule has 41 heavy (non-hydrogen) atoms. The van der Waals surface area contributed by atoms with Crippen molar-refractivity contribution in [1.82, 2.24) is 0 Å². The molecule has 0 bridgehead atoms. The lowest BCUT2D eigenvalue weighted by Crippen LogP contribution is -2.60. The minimum Gasteiger partial charge on any atom is -0.507 e. The highest BCUT2D eigenvalue weighted by Crippen LogP contribution is 2.48. The van der Waals surface area contributed by atoms with Gasteiger partial charge in [-0.2, -0.15) is 0 Å². The summed E-state index contributed by atoms with van der Waals surface area (Å²) in [6.07, 6.45) is -3.13. The Morgan fingerprint density at radius 1 is 1.22 bits per heavy atom. The maximum absolute atomic E-state index is 12.8. The maximum Gasteiger partial charge on any atom is 0.187 e. The molecule has 1 saturated heterocycles. The minimum absolute atomic E-state index is 0.00727. The average Bonchev–Trinajstić information content (AvgIpc) is 2.95. The van der Waals surface area contributed by atoms with Crippen molar-refractivity contribution in [2.75, 3.05) is 13.7 Å². The molecular weight excluding hydrogens is 556 g/mol.